The lowest BCUT2D eigenvalue weighted by Gasteiger charge is -2.18. The fraction of sp³-hybridized carbons (Fsp3) is 0.318. The predicted octanol–water partition coefficient (Wildman–Crippen LogP) is 4.70. The van der Waals surface area contributed by atoms with Gasteiger partial charge in [-0.25, -0.2) is 0 Å². The maximum Gasteiger partial charge on any atom is 0.298 e. The first-order valence-corrected chi connectivity index (χ1v) is 10.3. The quantitative estimate of drug-likeness (QED) is 0.581. The molecule has 0 unspecified atom stereocenters. The molecule has 0 aliphatic heterocycles. The van der Waals surface area contributed by atoms with Gasteiger partial charge in [0.25, 0.3) is 11.1 Å². The molecular formula is C22H25N3O3S. The summed E-state index contributed by atoms with van der Waals surface area (Å²) in [6, 6.07) is 15.2. The van der Waals surface area contributed by atoms with Gasteiger partial charge in [0, 0.05) is 29.6 Å². The lowest BCUT2D eigenvalue weighted by atomic mass is 10.1. The molecule has 6 nitrogen and oxygen atoms in total. The Morgan fingerprint density at radius 1 is 1.10 bits per heavy atom. The Hall–Kier alpha value is -2.93. The standard InChI is InChI=1S/C22H25N3O3S/c1-14(2)15(3)23-21(26)17-10-11-18(27-4)19(13-17)28-22-24-20(25-29-22)12-16-8-6-5-7-9-16/h5-11,13-15H,12H2,1-4H3,(H,23,26)/t15-/m0/s1. The van der Waals surface area contributed by atoms with Gasteiger partial charge in [-0.2, -0.15) is 9.36 Å². The van der Waals surface area contributed by atoms with Crippen LogP contribution < -0.4 is 14.8 Å². The second-order valence-electron chi connectivity index (χ2n) is 7.11. The number of hydrogen-bond donors (Lipinski definition) is 1. The van der Waals surface area contributed by atoms with Crippen LogP contribution in [0.1, 0.15) is 42.5 Å². The predicted molar refractivity (Wildman–Crippen MR) is 114 cm³/mol. The van der Waals surface area contributed by atoms with Gasteiger partial charge >= 0.3 is 0 Å². The van der Waals surface area contributed by atoms with Gasteiger partial charge in [0.05, 0.1) is 7.11 Å². The van der Waals surface area contributed by atoms with Gasteiger partial charge in [-0.3, -0.25) is 4.79 Å². The monoisotopic (exact) mass is 411 g/mol. The highest BCUT2D eigenvalue weighted by Crippen LogP contribution is 2.33. The molecule has 7 heteroatoms. The second-order valence-corrected chi connectivity index (χ2v) is 7.83. The van der Waals surface area contributed by atoms with Crippen molar-refractivity contribution < 1.29 is 14.3 Å². The number of rotatable bonds is 8. The number of carbonyl (C=O) groups is 1. The second kappa shape index (κ2) is 9.52. The van der Waals surface area contributed by atoms with E-state index in [2.05, 4.69) is 28.5 Å². The Morgan fingerprint density at radius 3 is 2.55 bits per heavy atom. The molecule has 2 aromatic carbocycles. The molecule has 152 valence electrons. The largest absolute Gasteiger partial charge is 0.493 e. The lowest BCUT2D eigenvalue weighted by Crippen LogP contribution is -2.36. The number of methoxy groups -OCH3 is 1. The number of aromatic nitrogens is 2. The first-order chi connectivity index (χ1) is 14.0. The normalized spacial score (nSPS) is 11.9. The zero-order valence-electron chi connectivity index (χ0n) is 17.0. The van der Waals surface area contributed by atoms with Gasteiger partial charge in [-0.05, 0) is 36.6 Å². The lowest BCUT2D eigenvalue weighted by molar-refractivity contribution is 0.0930. The Bertz CT molecular complexity index is 957. The molecule has 29 heavy (non-hydrogen) atoms. The van der Waals surface area contributed by atoms with Gasteiger partial charge in [-0.1, -0.05) is 44.2 Å². The van der Waals surface area contributed by atoms with Gasteiger partial charge in [-0.15, -0.1) is 0 Å². The third-order valence-corrected chi connectivity index (χ3v) is 5.27. The SMILES string of the molecule is COc1ccc(C(=O)N[C@@H](C)C(C)C)cc1Oc1nc(Cc2ccccc2)ns1. The van der Waals surface area contributed by atoms with Crippen molar-refractivity contribution >= 4 is 17.4 Å². The maximum atomic E-state index is 12.5. The molecule has 0 fully saturated rings. The van der Waals surface area contributed by atoms with Crippen molar-refractivity contribution in [2.45, 2.75) is 33.2 Å². The van der Waals surface area contributed by atoms with Crippen LogP contribution in [0.15, 0.2) is 48.5 Å². The van der Waals surface area contributed by atoms with E-state index in [-0.39, 0.29) is 11.9 Å². The van der Waals surface area contributed by atoms with Crippen molar-refractivity contribution in [3.63, 3.8) is 0 Å². The molecule has 0 bridgehead atoms. The van der Waals surface area contributed by atoms with Crippen LogP contribution >= 0.6 is 11.5 Å². The van der Waals surface area contributed by atoms with Crippen LogP contribution in [-0.4, -0.2) is 28.4 Å². The molecule has 1 atom stereocenters. The van der Waals surface area contributed by atoms with Gasteiger partial charge in [0.2, 0.25) is 0 Å². The first kappa shape index (κ1) is 20.8. The Kier molecular flexibility index (Phi) is 6.82. The van der Waals surface area contributed by atoms with Crippen molar-refractivity contribution in [3.8, 4) is 16.7 Å². The summed E-state index contributed by atoms with van der Waals surface area (Å²) in [5.41, 5.74) is 1.63. The summed E-state index contributed by atoms with van der Waals surface area (Å²) in [7, 11) is 1.56. The number of benzene rings is 2. The molecule has 0 radical (unpaired) electrons. The third-order valence-electron chi connectivity index (χ3n) is 4.64. The van der Waals surface area contributed by atoms with Gasteiger partial charge < -0.3 is 14.8 Å². The zero-order chi connectivity index (χ0) is 20.8. The van der Waals surface area contributed by atoms with Crippen LogP contribution in [0, 0.1) is 5.92 Å². The van der Waals surface area contributed by atoms with E-state index in [0.717, 1.165) is 5.56 Å². The van der Waals surface area contributed by atoms with Crippen LogP contribution in [-0.2, 0) is 6.42 Å². The molecule has 1 heterocycles. The molecule has 1 amide bonds. The number of nitrogens with one attached hydrogen (secondary N) is 1. The Labute approximate surface area is 175 Å². The summed E-state index contributed by atoms with van der Waals surface area (Å²) < 4.78 is 15.6. The minimum absolute atomic E-state index is 0.0673. The molecule has 1 aromatic heterocycles. The van der Waals surface area contributed by atoms with E-state index >= 15 is 0 Å². The highest BCUT2D eigenvalue weighted by atomic mass is 32.1. The minimum Gasteiger partial charge on any atom is -0.493 e. The number of nitrogens with zero attached hydrogens (tertiary/aromatic N) is 2. The van der Waals surface area contributed by atoms with Gasteiger partial charge in [0.15, 0.2) is 17.3 Å². The van der Waals surface area contributed by atoms with Crippen LogP contribution in [0.2, 0.25) is 0 Å². The van der Waals surface area contributed by atoms with Crippen LogP contribution in [0.5, 0.6) is 16.7 Å². The Balaban J connectivity index is 1.75. The first-order valence-electron chi connectivity index (χ1n) is 9.49. The zero-order valence-corrected chi connectivity index (χ0v) is 17.8. The average Bonchev–Trinajstić information content (AvgIpc) is 3.15. The van der Waals surface area contributed by atoms with E-state index in [9.17, 15) is 4.79 Å². The average molecular weight is 412 g/mol. The summed E-state index contributed by atoms with van der Waals surface area (Å²) in [6.07, 6.45) is 0.632. The summed E-state index contributed by atoms with van der Waals surface area (Å²) in [5.74, 6) is 1.84. The molecule has 3 aromatic rings. The van der Waals surface area contributed by atoms with E-state index in [1.807, 2.05) is 37.3 Å². The van der Waals surface area contributed by atoms with Crippen molar-refractivity contribution in [2.24, 2.45) is 5.92 Å². The molecule has 1 N–H and O–H groups in total. The van der Waals surface area contributed by atoms with Crippen molar-refractivity contribution in [1.82, 2.24) is 14.7 Å². The number of amides is 1. The number of hydrogen-bond acceptors (Lipinski definition) is 6. The highest BCUT2D eigenvalue weighted by Gasteiger charge is 2.17. The van der Waals surface area contributed by atoms with Crippen LogP contribution in [0.3, 0.4) is 0 Å². The summed E-state index contributed by atoms with van der Waals surface area (Å²) >= 11 is 1.17. The molecule has 0 saturated heterocycles. The molecule has 0 aliphatic rings. The maximum absolute atomic E-state index is 12.5. The fourth-order valence-corrected chi connectivity index (χ4v) is 3.14. The summed E-state index contributed by atoms with van der Waals surface area (Å²) in [6.45, 7) is 6.12. The van der Waals surface area contributed by atoms with E-state index in [0.29, 0.717) is 40.4 Å². The topological polar surface area (TPSA) is 73.3 Å². The smallest absolute Gasteiger partial charge is 0.298 e. The summed E-state index contributed by atoms with van der Waals surface area (Å²) in [5, 5.41) is 3.40. The summed E-state index contributed by atoms with van der Waals surface area (Å²) in [4.78, 5) is 17.0. The number of ether oxygens (including phenoxy) is 2. The molecule has 0 aliphatic carbocycles. The molecular weight excluding hydrogens is 386 g/mol. The number of carbonyl (C=O) groups excluding carboxylic acids is 1. The molecule has 3 rings (SSSR count). The van der Waals surface area contributed by atoms with Crippen LogP contribution in [0.4, 0.5) is 0 Å². The molecule has 0 spiro atoms. The fourth-order valence-electron chi connectivity index (χ4n) is 2.58. The highest BCUT2D eigenvalue weighted by molar-refractivity contribution is 7.07. The molecule has 0 saturated carbocycles. The Morgan fingerprint density at radius 2 is 1.86 bits per heavy atom. The van der Waals surface area contributed by atoms with E-state index in [1.165, 1.54) is 11.5 Å². The third kappa shape index (κ3) is 5.54. The van der Waals surface area contributed by atoms with E-state index in [1.54, 1.807) is 25.3 Å². The van der Waals surface area contributed by atoms with E-state index in [4.69, 9.17) is 9.47 Å². The van der Waals surface area contributed by atoms with Crippen molar-refractivity contribution in [1.29, 1.82) is 0 Å². The van der Waals surface area contributed by atoms with E-state index < -0.39 is 0 Å². The van der Waals surface area contributed by atoms with Gasteiger partial charge in [0.1, 0.15) is 0 Å². The van der Waals surface area contributed by atoms with Crippen molar-refractivity contribution in [2.75, 3.05) is 7.11 Å². The minimum atomic E-state index is -0.152. The van der Waals surface area contributed by atoms with Crippen molar-refractivity contribution in [3.05, 3.63) is 65.5 Å². The van der Waals surface area contributed by atoms with Crippen LogP contribution in [0.25, 0.3) is 0 Å².